The molecule has 4 aromatic rings. The Balaban J connectivity index is 1.37. The smallest absolute Gasteiger partial charge is 0.319 e. The second-order valence-corrected chi connectivity index (χ2v) is 8.12. The van der Waals surface area contributed by atoms with Crippen LogP contribution in [0.25, 0.3) is 0 Å². The van der Waals surface area contributed by atoms with Gasteiger partial charge in [0.05, 0.1) is 6.54 Å². The number of benzene rings is 3. The van der Waals surface area contributed by atoms with E-state index in [0.717, 1.165) is 5.56 Å². The molecule has 4 amide bonds. The number of carbonyl (C=O) groups is 3. The highest BCUT2D eigenvalue weighted by molar-refractivity contribution is 6.05. The molecule has 11 nitrogen and oxygen atoms in total. The SMILES string of the molecule is CN(C(=O)CN(C(=O)CNC(=O)Nc1cccc(Cc2nn[nH]n2)c1)c1ccccc1)c1ccccc1. The molecule has 0 atom stereocenters. The van der Waals surface area contributed by atoms with Crippen LogP contribution >= 0.6 is 0 Å². The largest absolute Gasteiger partial charge is 0.329 e. The summed E-state index contributed by atoms with van der Waals surface area (Å²) in [5, 5.41) is 19.1. The van der Waals surface area contributed by atoms with E-state index in [0.29, 0.717) is 29.3 Å². The lowest BCUT2D eigenvalue weighted by atomic mass is 10.1. The summed E-state index contributed by atoms with van der Waals surface area (Å²) in [4.78, 5) is 41.4. The summed E-state index contributed by atoms with van der Waals surface area (Å²) in [5.41, 5.74) is 2.70. The summed E-state index contributed by atoms with van der Waals surface area (Å²) in [7, 11) is 1.66. The van der Waals surface area contributed by atoms with Crippen molar-refractivity contribution in [3.05, 3.63) is 96.3 Å². The molecule has 1 heterocycles. The minimum Gasteiger partial charge on any atom is -0.329 e. The van der Waals surface area contributed by atoms with Crippen molar-refractivity contribution in [1.29, 1.82) is 0 Å². The minimum absolute atomic E-state index is 0.185. The van der Waals surface area contributed by atoms with Crippen molar-refractivity contribution in [1.82, 2.24) is 25.9 Å². The molecular formula is C26H26N8O3. The van der Waals surface area contributed by atoms with Crippen molar-refractivity contribution in [3.8, 4) is 0 Å². The summed E-state index contributed by atoms with van der Waals surface area (Å²) in [6.07, 6.45) is 0.448. The monoisotopic (exact) mass is 498 g/mol. The Hall–Kier alpha value is -5.06. The van der Waals surface area contributed by atoms with Gasteiger partial charge in [0, 0.05) is 30.5 Å². The predicted octanol–water partition coefficient (Wildman–Crippen LogP) is 2.61. The molecule has 37 heavy (non-hydrogen) atoms. The first-order chi connectivity index (χ1) is 18.0. The molecule has 4 rings (SSSR count). The number of urea groups is 1. The Morgan fingerprint density at radius 3 is 2.24 bits per heavy atom. The summed E-state index contributed by atoms with van der Waals surface area (Å²) in [5.74, 6) is -0.172. The molecule has 0 aliphatic rings. The summed E-state index contributed by atoms with van der Waals surface area (Å²) < 4.78 is 0. The number of nitrogens with one attached hydrogen (secondary N) is 3. The lowest BCUT2D eigenvalue weighted by molar-refractivity contribution is -0.121. The van der Waals surface area contributed by atoms with Crippen LogP contribution in [0, 0.1) is 0 Å². The Bertz CT molecular complexity index is 1330. The predicted molar refractivity (Wildman–Crippen MR) is 139 cm³/mol. The Kier molecular flexibility index (Phi) is 8.17. The fourth-order valence-electron chi connectivity index (χ4n) is 3.59. The normalized spacial score (nSPS) is 10.4. The van der Waals surface area contributed by atoms with Gasteiger partial charge in [0.15, 0.2) is 5.82 Å². The number of hydrogen-bond acceptors (Lipinski definition) is 6. The molecule has 0 saturated carbocycles. The number of likely N-dealkylation sites (N-methyl/N-ethyl adjacent to an activating group) is 1. The van der Waals surface area contributed by atoms with Gasteiger partial charge in [0.2, 0.25) is 11.8 Å². The van der Waals surface area contributed by atoms with E-state index >= 15 is 0 Å². The molecular weight excluding hydrogens is 472 g/mol. The molecule has 0 fully saturated rings. The zero-order chi connectivity index (χ0) is 26.0. The Morgan fingerprint density at radius 2 is 1.57 bits per heavy atom. The first-order valence-electron chi connectivity index (χ1n) is 11.5. The fourth-order valence-corrected chi connectivity index (χ4v) is 3.59. The highest BCUT2D eigenvalue weighted by atomic mass is 16.2. The second-order valence-electron chi connectivity index (χ2n) is 8.12. The lowest BCUT2D eigenvalue weighted by Gasteiger charge is -2.25. The van der Waals surface area contributed by atoms with Gasteiger partial charge in [-0.15, -0.1) is 10.2 Å². The quantitative estimate of drug-likeness (QED) is 0.325. The first-order valence-corrected chi connectivity index (χ1v) is 11.5. The van der Waals surface area contributed by atoms with E-state index in [9.17, 15) is 14.4 Å². The Labute approximate surface area is 213 Å². The first kappa shape index (κ1) is 25.0. The molecule has 1 aromatic heterocycles. The molecule has 0 aliphatic heterocycles. The maximum Gasteiger partial charge on any atom is 0.319 e. The van der Waals surface area contributed by atoms with Crippen LogP contribution in [0.15, 0.2) is 84.9 Å². The maximum absolute atomic E-state index is 13.1. The van der Waals surface area contributed by atoms with E-state index in [-0.39, 0.29) is 19.0 Å². The van der Waals surface area contributed by atoms with E-state index in [2.05, 4.69) is 31.3 Å². The van der Waals surface area contributed by atoms with E-state index in [1.54, 1.807) is 49.5 Å². The number of anilines is 3. The molecule has 0 saturated heterocycles. The molecule has 0 bridgehead atoms. The standard InChI is InChI=1S/C26H26N8O3/c1-33(21-11-4-2-5-12-21)25(36)18-34(22-13-6-3-7-14-22)24(35)17-27-26(37)28-20-10-8-9-19(15-20)16-23-29-31-32-30-23/h2-15H,16-18H2,1H3,(H2,27,28,37)(H,29,30,31,32). The Morgan fingerprint density at radius 1 is 0.865 bits per heavy atom. The fraction of sp³-hybridized carbons (Fsp3) is 0.154. The second kappa shape index (κ2) is 12.1. The molecule has 188 valence electrons. The molecule has 0 aliphatic carbocycles. The zero-order valence-corrected chi connectivity index (χ0v) is 20.2. The summed E-state index contributed by atoms with van der Waals surface area (Å²) in [6.45, 7) is -0.485. The van der Waals surface area contributed by atoms with Crippen LogP contribution in [0.2, 0.25) is 0 Å². The topological polar surface area (TPSA) is 136 Å². The van der Waals surface area contributed by atoms with E-state index in [4.69, 9.17) is 0 Å². The maximum atomic E-state index is 13.1. The summed E-state index contributed by atoms with van der Waals surface area (Å²) in [6, 6.07) is 24.7. The number of hydrogen-bond donors (Lipinski definition) is 3. The summed E-state index contributed by atoms with van der Waals surface area (Å²) >= 11 is 0. The number of tetrazole rings is 1. The number of carbonyl (C=O) groups excluding carboxylic acids is 3. The van der Waals surface area contributed by atoms with Gasteiger partial charge in [-0.1, -0.05) is 53.7 Å². The highest BCUT2D eigenvalue weighted by Crippen LogP contribution is 2.17. The van der Waals surface area contributed by atoms with Crippen LogP contribution in [0.1, 0.15) is 11.4 Å². The number of aromatic amines is 1. The number of rotatable bonds is 9. The van der Waals surface area contributed by atoms with Gasteiger partial charge in [-0.2, -0.15) is 5.21 Å². The van der Waals surface area contributed by atoms with Crippen molar-refractivity contribution < 1.29 is 14.4 Å². The number of nitrogens with zero attached hydrogens (tertiary/aromatic N) is 5. The third-order valence-corrected chi connectivity index (χ3v) is 5.52. The van der Waals surface area contributed by atoms with Crippen molar-refractivity contribution in [2.45, 2.75) is 6.42 Å². The number of amides is 4. The van der Waals surface area contributed by atoms with Crippen LogP contribution in [-0.4, -0.2) is 58.6 Å². The highest BCUT2D eigenvalue weighted by Gasteiger charge is 2.22. The number of H-pyrrole nitrogens is 1. The zero-order valence-electron chi connectivity index (χ0n) is 20.2. The number of para-hydroxylation sites is 2. The van der Waals surface area contributed by atoms with Crippen LogP contribution in [0.4, 0.5) is 21.9 Å². The van der Waals surface area contributed by atoms with E-state index in [1.165, 1.54) is 9.80 Å². The minimum atomic E-state index is -0.550. The van der Waals surface area contributed by atoms with E-state index in [1.807, 2.05) is 42.5 Å². The van der Waals surface area contributed by atoms with Crippen LogP contribution in [-0.2, 0) is 16.0 Å². The average molecular weight is 499 g/mol. The van der Waals surface area contributed by atoms with Crippen molar-refractivity contribution in [3.63, 3.8) is 0 Å². The van der Waals surface area contributed by atoms with Crippen LogP contribution in [0.5, 0.6) is 0 Å². The molecule has 11 heteroatoms. The van der Waals surface area contributed by atoms with Crippen molar-refractivity contribution in [2.75, 3.05) is 35.3 Å². The average Bonchev–Trinajstić information content (AvgIpc) is 3.44. The van der Waals surface area contributed by atoms with Gasteiger partial charge >= 0.3 is 6.03 Å². The van der Waals surface area contributed by atoms with Crippen molar-refractivity contribution in [2.24, 2.45) is 0 Å². The van der Waals surface area contributed by atoms with Gasteiger partial charge in [0.1, 0.15) is 6.54 Å². The molecule has 0 radical (unpaired) electrons. The van der Waals surface area contributed by atoms with Gasteiger partial charge in [-0.25, -0.2) is 4.79 Å². The third-order valence-electron chi connectivity index (χ3n) is 5.52. The molecule has 0 unspecified atom stereocenters. The molecule has 3 N–H and O–H groups in total. The van der Waals surface area contributed by atoms with E-state index < -0.39 is 11.9 Å². The van der Waals surface area contributed by atoms with Gasteiger partial charge in [-0.05, 0) is 42.0 Å². The molecule has 0 spiro atoms. The van der Waals surface area contributed by atoms with Crippen molar-refractivity contribution >= 4 is 34.9 Å². The van der Waals surface area contributed by atoms with Crippen LogP contribution in [0.3, 0.4) is 0 Å². The van der Waals surface area contributed by atoms with Gasteiger partial charge in [-0.3, -0.25) is 9.59 Å². The number of aromatic nitrogens is 4. The van der Waals surface area contributed by atoms with Crippen LogP contribution < -0.4 is 20.4 Å². The van der Waals surface area contributed by atoms with Gasteiger partial charge < -0.3 is 20.4 Å². The molecule has 3 aromatic carbocycles. The lowest BCUT2D eigenvalue weighted by Crippen LogP contribution is -2.46. The van der Waals surface area contributed by atoms with Gasteiger partial charge in [0.25, 0.3) is 0 Å². The third kappa shape index (κ3) is 6.98.